The van der Waals surface area contributed by atoms with Crippen LogP contribution in [-0.4, -0.2) is 78.7 Å². The van der Waals surface area contributed by atoms with Gasteiger partial charge in [0.05, 0.1) is 43.1 Å². The number of likely N-dealkylation sites (tertiary alicyclic amines) is 1. The van der Waals surface area contributed by atoms with Crippen molar-refractivity contribution in [2.75, 3.05) is 45.2 Å². The van der Waals surface area contributed by atoms with Crippen LogP contribution in [0.1, 0.15) is 18.4 Å². The van der Waals surface area contributed by atoms with Crippen LogP contribution in [0.25, 0.3) is 6.08 Å². The lowest BCUT2D eigenvalue weighted by molar-refractivity contribution is -0.138. The molecule has 2 heterocycles. The number of carbonyl (C=O) groups excluding carboxylic acids is 4. The highest BCUT2D eigenvalue weighted by atomic mass is 35.5. The molecule has 1 saturated carbocycles. The molecule has 0 radical (unpaired) electrons. The maximum atomic E-state index is 14.3. The molecule has 3 aromatic carbocycles. The standard InChI is InChI=1S/C39H37Cl2N5O7/c1-44(2)24-11-7-22(8-12-24)42-43-23-9-13-25(14-10-23)46-34(48)27-16-15-26-28(32(27)35(46)49)20-38(40)36(50)45(3)37(51)39(38,41)29(26)17-6-21-18-30(52-4)33(47)31(19-21)53-5/h6-15,17-19,27-29,32,47H,16,20H2,1-5H3. The van der Waals surface area contributed by atoms with Crippen molar-refractivity contribution in [2.24, 2.45) is 33.9 Å². The van der Waals surface area contributed by atoms with Crippen LogP contribution in [0.5, 0.6) is 17.2 Å². The van der Waals surface area contributed by atoms with Gasteiger partial charge in [0.25, 0.3) is 11.8 Å². The highest BCUT2D eigenvalue weighted by Gasteiger charge is 2.75. The van der Waals surface area contributed by atoms with Gasteiger partial charge in [0.2, 0.25) is 17.6 Å². The molecule has 4 amide bonds. The number of alkyl halides is 2. The number of allylic oxidation sites excluding steroid dienone is 3. The Hall–Kier alpha value is -5.20. The molecule has 0 bridgehead atoms. The zero-order valence-corrected chi connectivity index (χ0v) is 31.1. The molecule has 6 unspecified atom stereocenters. The average molecular weight is 759 g/mol. The predicted octanol–water partition coefficient (Wildman–Crippen LogP) is 6.63. The minimum Gasteiger partial charge on any atom is -0.502 e. The summed E-state index contributed by atoms with van der Waals surface area (Å²) in [6, 6.07) is 17.4. The fourth-order valence-corrected chi connectivity index (χ4v) is 9.04. The molecule has 4 aliphatic rings. The Kier molecular flexibility index (Phi) is 9.10. The first-order valence-electron chi connectivity index (χ1n) is 17.0. The van der Waals surface area contributed by atoms with Crippen LogP contribution in [0.15, 0.2) is 88.6 Å². The summed E-state index contributed by atoms with van der Waals surface area (Å²) in [6.45, 7) is 0. The van der Waals surface area contributed by atoms with E-state index in [1.165, 1.54) is 26.2 Å². The molecule has 3 fully saturated rings. The van der Waals surface area contributed by atoms with Gasteiger partial charge in [0.15, 0.2) is 21.2 Å². The first-order valence-corrected chi connectivity index (χ1v) is 17.7. The van der Waals surface area contributed by atoms with E-state index in [0.717, 1.165) is 10.6 Å². The highest BCUT2D eigenvalue weighted by Crippen LogP contribution is 2.63. The van der Waals surface area contributed by atoms with Crippen molar-refractivity contribution in [1.82, 2.24) is 4.90 Å². The van der Waals surface area contributed by atoms with Gasteiger partial charge in [-0.3, -0.25) is 29.0 Å². The first-order chi connectivity index (χ1) is 25.2. The number of hydrogen-bond acceptors (Lipinski definition) is 10. The van der Waals surface area contributed by atoms with Crippen LogP contribution in [0, 0.1) is 23.7 Å². The Morgan fingerprint density at radius 3 is 2.02 bits per heavy atom. The monoisotopic (exact) mass is 757 g/mol. The van der Waals surface area contributed by atoms with Crippen molar-refractivity contribution >= 4 is 75.7 Å². The molecule has 6 atom stereocenters. The lowest BCUT2D eigenvalue weighted by atomic mass is 9.57. The number of benzene rings is 3. The zero-order chi connectivity index (χ0) is 38.0. The lowest BCUT2D eigenvalue weighted by Gasteiger charge is -2.49. The van der Waals surface area contributed by atoms with Crippen molar-refractivity contribution in [3.05, 3.63) is 84.0 Å². The number of nitrogens with zero attached hydrogens (tertiary/aromatic N) is 5. The summed E-state index contributed by atoms with van der Waals surface area (Å²) in [5.74, 6) is -5.14. The van der Waals surface area contributed by atoms with E-state index in [2.05, 4.69) is 10.2 Å². The van der Waals surface area contributed by atoms with E-state index in [1.54, 1.807) is 48.6 Å². The number of azo groups is 1. The van der Waals surface area contributed by atoms with E-state index < -0.39 is 51.1 Å². The van der Waals surface area contributed by atoms with Crippen LogP contribution in [-0.2, 0) is 19.2 Å². The number of ether oxygens (including phenoxy) is 2. The predicted molar refractivity (Wildman–Crippen MR) is 200 cm³/mol. The molecule has 3 aromatic rings. The van der Waals surface area contributed by atoms with Gasteiger partial charge in [0.1, 0.15) is 0 Å². The molecule has 2 saturated heterocycles. The molecule has 0 spiro atoms. The van der Waals surface area contributed by atoms with Gasteiger partial charge in [-0.1, -0.05) is 23.8 Å². The third-order valence-corrected chi connectivity index (χ3v) is 12.2. The van der Waals surface area contributed by atoms with E-state index >= 15 is 0 Å². The van der Waals surface area contributed by atoms with Crippen molar-refractivity contribution < 1.29 is 33.8 Å². The third kappa shape index (κ3) is 5.58. The molecule has 0 aromatic heterocycles. The number of halogens is 2. The molecule has 2 aliphatic heterocycles. The Morgan fingerprint density at radius 2 is 1.45 bits per heavy atom. The number of fused-ring (bicyclic) bond motifs is 4. The van der Waals surface area contributed by atoms with Gasteiger partial charge < -0.3 is 19.5 Å². The summed E-state index contributed by atoms with van der Waals surface area (Å²) >= 11 is 14.5. The number of aromatic hydroxyl groups is 1. The lowest BCUT2D eigenvalue weighted by Crippen LogP contribution is -2.60. The number of carbonyl (C=O) groups is 4. The van der Waals surface area contributed by atoms with E-state index in [-0.39, 0.29) is 36.0 Å². The Balaban J connectivity index is 1.20. The van der Waals surface area contributed by atoms with Crippen molar-refractivity contribution in [2.45, 2.75) is 22.6 Å². The van der Waals surface area contributed by atoms with Crippen LogP contribution in [0.3, 0.4) is 0 Å². The van der Waals surface area contributed by atoms with E-state index in [4.69, 9.17) is 32.7 Å². The number of amides is 4. The average Bonchev–Trinajstić information content (AvgIpc) is 3.48. The molecule has 7 rings (SSSR count). The number of methoxy groups -OCH3 is 2. The molecule has 14 heteroatoms. The Bertz CT molecular complexity index is 2090. The van der Waals surface area contributed by atoms with Gasteiger partial charge in [-0.25, -0.2) is 0 Å². The summed E-state index contributed by atoms with van der Waals surface area (Å²) in [4.78, 5) is 56.1. The van der Waals surface area contributed by atoms with E-state index in [1.807, 2.05) is 49.3 Å². The molecule has 274 valence electrons. The number of anilines is 2. The summed E-state index contributed by atoms with van der Waals surface area (Å²) in [6.07, 6.45) is 5.32. The van der Waals surface area contributed by atoms with Gasteiger partial charge in [-0.15, -0.1) is 23.2 Å². The van der Waals surface area contributed by atoms with Gasteiger partial charge in [0, 0.05) is 32.7 Å². The largest absolute Gasteiger partial charge is 0.502 e. The molecule has 12 nitrogen and oxygen atoms in total. The minimum absolute atomic E-state index is 0.118. The molecular formula is C39H37Cl2N5O7. The maximum Gasteiger partial charge on any atom is 0.253 e. The van der Waals surface area contributed by atoms with Crippen LogP contribution < -0.4 is 19.3 Å². The first kappa shape index (κ1) is 36.2. The third-order valence-electron chi connectivity index (χ3n) is 10.8. The number of rotatable bonds is 8. The molecule has 53 heavy (non-hydrogen) atoms. The fourth-order valence-electron chi connectivity index (χ4n) is 8.07. The molecule has 1 N–H and O–H groups in total. The second-order valence-corrected chi connectivity index (χ2v) is 15.1. The van der Waals surface area contributed by atoms with Crippen LogP contribution in [0.4, 0.5) is 22.7 Å². The summed E-state index contributed by atoms with van der Waals surface area (Å²) < 4.78 is 10.6. The molecule has 2 aliphatic carbocycles. The summed E-state index contributed by atoms with van der Waals surface area (Å²) in [5.41, 5.74) is 3.82. The summed E-state index contributed by atoms with van der Waals surface area (Å²) in [7, 11) is 8.05. The van der Waals surface area contributed by atoms with E-state index in [9.17, 15) is 24.3 Å². The number of imide groups is 2. The van der Waals surface area contributed by atoms with Crippen LogP contribution >= 0.6 is 23.2 Å². The van der Waals surface area contributed by atoms with Gasteiger partial charge in [-0.2, -0.15) is 10.2 Å². The minimum atomic E-state index is -1.92. The normalized spacial score (nSPS) is 28.0. The number of phenols is 1. The van der Waals surface area contributed by atoms with Crippen molar-refractivity contribution in [1.29, 1.82) is 0 Å². The Morgan fingerprint density at radius 1 is 0.868 bits per heavy atom. The van der Waals surface area contributed by atoms with Crippen molar-refractivity contribution in [3.8, 4) is 17.2 Å². The van der Waals surface area contributed by atoms with E-state index in [0.29, 0.717) is 28.2 Å². The highest BCUT2D eigenvalue weighted by molar-refractivity contribution is 6.53. The second-order valence-electron chi connectivity index (χ2n) is 13.8. The zero-order valence-electron chi connectivity index (χ0n) is 29.6. The smallest absolute Gasteiger partial charge is 0.253 e. The maximum absolute atomic E-state index is 14.3. The number of phenolic OH excluding ortho intramolecular Hbond substituents is 1. The fraction of sp³-hybridized carbons (Fsp3) is 0.333. The van der Waals surface area contributed by atoms with Gasteiger partial charge in [-0.05, 0) is 85.0 Å². The van der Waals surface area contributed by atoms with Crippen LogP contribution in [0.2, 0.25) is 0 Å². The SMILES string of the molecule is COc1cc(C=CC2C3=CCC4C(=O)N(c5ccc(N=Nc6ccc(N(C)C)cc6)cc5)C(=O)C4C3CC3(Cl)C(=O)N(C)C(=O)C23Cl)cc(OC)c1O. The number of hydrogen-bond donors (Lipinski definition) is 1. The quantitative estimate of drug-likeness (QED) is 0.117. The van der Waals surface area contributed by atoms with Gasteiger partial charge >= 0.3 is 0 Å². The molecular weight excluding hydrogens is 721 g/mol. The Labute approximate surface area is 316 Å². The topological polar surface area (TPSA) is 141 Å². The second kappa shape index (κ2) is 13.3. The summed E-state index contributed by atoms with van der Waals surface area (Å²) in [5, 5.41) is 19.0. The van der Waals surface area contributed by atoms with Crippen molar-refractivity contribution in [3.63, 3.8) is 0 Å².